The number of imide groups is 1. The van der Waals surface area contributed by atoms with E-state index in [0.29, 0.717) is 31.1 Å². The first-order valence-corrected chi connectivity index (χ1v) is 10.3. The average molecular weight is 411 g/mol. The largest absolute Gasteiger partial charge is 0.492 e. The maximum Gasteiger partial charge on any atom is 0.289 e. The number of rotatable bonds is 6. The number of hydrogen-bond acceptors (Lipinski definition) is 6. The van der Waals surface area contributed by atoms with Gasteiger partial charge in [0.25, 0.3) is 11.1 Å². The number of thioether (sulfide) groups is 1. The van der Waals surface area contributed by atoms with Gasteiger partial charge in [0.05, 0.1) is 36.8 Å². The summed E-state index contributed by atoms with van der Waals surface area (Å²) >= 11 is 1.03. The Morgan fingerprint density at radius 1 is 1.03 bits per heavy atom. The first-order valence-electron chi connectivity index (χ1n) is 9.31. The third-order valence-corrected chi connectivity index (χ3v) is 5.81. The van der Waals surface area contributed by atoms with Gasteiger partial charge in [-0.05, 0) is 29.8 Å². The van der Waals surface area contributed by atoms with Crippen LogP contribution in [-0.4, -0.2) is 59.5 Å². The Kier molecular flexibility index (Phi) is 5.44. The molecule has 8 heteroatoms. The van der Waals surface area contributed by atoms with E-state index in [2.05, 4.69) is 0 Å². The molecule has 2 aromatic carbocycles. The van der Waals surface area contributed by atoms with Crippen LogP contribution in [0.15, 0.2) is 48.5 Å². The standard InChI is InChI=1S/C21H21N3O4S/c1-22-14-23(20(26)17-4-2-3-5-18(17)22)10-11-28-16-8-6-15(7-9-16)12-24-19(25)13-29-21(24)27/h2-9H,10-14H2,1H3. The normalized spacial score (nSPS) is 16.4. The van der Waals surface area contributed by atoms with Gasteiger partial charge in [-0.1, -0.05) is 36.0 Å². The molecule has 1 saturated heterocycles. The van der Waals surface area contributed by atoms with E-state index in [4.69, 9.17) is 4.74 Å². The summed E-state index contributed by atoms with van der Waals surface area (Å²) in [6.07, 6.45) is 0. The fraction of sp³-hybridized carbons (Fsp3) is 0.286. The minimum absolute atomic E-state index is 0.00969. The van der Waals surface area contributed by atoms with E-state index < -0.39 is 0 Å². The number of carbonyl (C=O) groups is 3. The maximum atomic E-state index is 12.6. The van der Waals surface area contributed by atoms with Gasteiger partial charge in [-0.25, -0.2) is 0 Å². The molecule has 0 atom stereocenters. The van der Waals surface area contributed by atoms with Crippen LogP contribution in [0.4, 0.5) is 10.5 Å². The molecule has 3 amide bonds. The lowest BCUT2D eigenvalue weighted by molar-refractivity contribution is -0.125. The van der Waals surface area contributed by atoms with Crippen molar-refractivity contribution in [2.24, 2.45) is 0 Å². The number of amides is 3. The smallest absolute Gasteiger partial charge is 0.289 e. The minimum atomic E-state index is -0.201. The highest BCUT2D eigenvalue weighted by Crippen LogP contribution is 2.26. The van der Waals surface area contributed by atoms with Crippen molar-refractivity contribution in [3.63, 3.8) is 0 Å². The summed E-state index contributed by atoms with van der Waals surface area (Å²) in [4.78, 5) is 41.1. The Morgan fingerprint density at radius 3 is 2.52 bits per heavy atom. The van der Waals surface area contributed by atoms with Gasteiger partial charge in [0.1, 0.15) is 12.4 Å². The molecule has 150 valence electrons. The van der Waals surface area contributed by atoms with Crippen LogP contribution in [0.5, 0.6) is 5.75 Å². The van der Waals surface area contributed by atoms with E-state index in [1.165, 1.54) is 4.90 Å². The Balaban J connectivity index is 1.30. The average Bonchev–Trinajstić information content (AvgIpc) is 3.05. The summed E-state index contributed by atoms with van der Waals surface area (Å²) in [5.74, 6) is 0.753. The van der Waals surface area contributed by atoms with Crippen LogP contribution in [0.25, 0.3) is 0 Å². The van der Waals surface area contributed by atoms with Crippen LogP contribution in [0.2, 0.25) is 0 Å². The molecule has 2 aliphatic rings. The highest BCUT2D eigenvalue weighted by molar-refractivity contribution is 8.14. The molecule has 0 saturated carbocycles. The molecule has 2 heterocycles. The summed E-state index contributed by atoms with van der Waals surface area (Å²) < 4.78 is 5.78. The molecular formula is C21H21N3O4S. The van der Waals surface area contributed by atoms with Gasteiger partial charge in [-0.3, -0.25) is 19.3 Å². The molecule has 0 N–H and O–H groups in total. The SMILES string of the molecule is CN1CN(CCOc2ccc(CN3C(=O)CSC3=O)cc2)C(=O)c2ccccc21. The number of anilines is 1. The summed E-state index contributed by atoms with van der Waals surface area (Å²) in [6, 6.07) is 14.9. The fourth-order valence-electron chi connectivity index (χ4n) is 3.41. The first-order chi connectivity index (χ1) is 14.0. The van der Waals surface area contributed by atoms with Crippen molar-refractivity contribution in [1.29, 1.82) is 0 Å². The van der Waals surface area contributed by atoms with Gasteiger partial charge in [0.2, 0.25) is 5.91 Å². The topological polar surface area (TPSA) is 70.2 Å². The molecule has 0 radical (unpaired) electrons. The van der Waals surface area contributed by atoms with Crippen molar-refractivity contribution in [1.82, 2.24) is 9.80 Å². The fourth-order valence-corrected chi connectivity index (χ4v) is 4.13. The second-order valence-electron chi connectivity index (χ2n) is 6.95. The highest BCUT2D eigenvalue weighted by atomic mass is 32.2. The third-order valence-electron chi connectivity index (χ3n) is 4.95. The molecule has 1 fully saturated rings. The zero-order valence-electron chi connectivity index (χ0n) is 16.0. The van der Waals surface area contributed by atoms with Gasteiger partial charge in [0.15, 0.2) is 0 Å². The summed E-state index contributed by atoms with van der Waals surface area (Å²) in [5.41, 5.74) is 2.51. The van der Waals surface area contributed by atoms with Crippen molar-refractivity contribution in [2.75, 3.05) is 37.5 Å². The molecule has 2 aliphatic heterocycles. The van der Waals surface area contributed by atoms with Crippen molar-refractivity contribution < 1.29 is 19.1 Å². The molecule has 7 nitrogen and oxygen atoms in total. The number of nitrogens with zero attached hydrogens (tertiary/aromatic N) is 3. The number of fused-ring (bicyclic) bond motifs is 1. The van der Waals surface area contributed by atoms with E-state index in [-0.39, 0.29) is 29.4 Å². The summed E-state index contributed by atoms with van der Waals surface area (Å²) in [5, 5.41) is -0.201. The molecular weight excluding hydrogens is 390 g/mol. The van der Waals surface area contributed by atoms with Crippen LogP contribution >= 0.6 is 11.8 Å². The first kappa shape index (κ1) is 19.3. The number of para-hydroxylation sites is 1. The lowest BCUT2D eigenvalue weighted by Crippen LogP contribution is -2.46. The Morgan fingerprint density at radius 2 is 1.79 bits per heavy atom. The molecule has 0 spiro atoms. The van der Waals surface area contributed by atoms with Crippen LogP contribution in [0, 0.1) is 0 Å². The molecule has 4 rings (SSSR count). The molecule has 0 unspecified atom stereocenters. The van der Waals surface area contributed by atoms with Gasteiger partial charge in [-0.15, -0.1) is 0 Å². The van der Waals surface area contributed by atoms with Gasteiger partial charge in [0, 0.05) is 7.05 Å². The van der Waals surface area contributed by atoms with Crippen LogP contribution in [0.3, 0.4) is 0 Å². The van der Waals surface area contributed by atoms with Gasteiger partial charge >= 0.3 is 0 Å². The molecule has 2 aromatic rings. The summed E-state index contributed by atoms with van der Waals surface area (Å²) in [7, 11) is 1.96. The monoisotopic (exact) mass is 411 g/mol. The van der Waals surface area contributed by atoms with Crippen LogP contribution in [0.1, 0.15) is 15.9 Å². The molecule has 0 bridgehead atoms. The maximum absolute atomic E-state index is 12.6. The van der Waals surface area contributed by atoms with E-state index >= 15 is 0 Å². The minimum Gasteiger partial charge on any atom is -0.492 e. The van der Waals surface area contributed by atoms with Gasteiger partial charge < -0.3 is 14.5 Å². The third kappa shape index (κ3) is 4.07. The van der Waals surface area contributed by atoms with E-state index in [1.54, 1.807) is 4.90 Å². The zero-order valence-corrected chi connectivity index (χ0v) is 16.9. The quantitative estimate of drug-likeness (QED) is 0.728. The van der Waals surface area contributed by atoms with Crippen molar-refractivity contribution in [2.45, 2.75) is 6.54 Å². The Hall–Kier alpha value is -3.00. The molecule has 0 aromatic heterocycles. The van der Waals surface area contributed by atoms with E-state index in [0.717, 1.165) is 23.0 Å². The highest BCUT2D eigenvalue weighted by Gasteiger charge is 2.29. The lowest BCUT2D eigenvalue weighted by Gasteiger charge is -2.35. The number of benzene rings is 2. The number of hydrogen-bond donors (Lipinski definition) is 0. The van der Waals surface area contributed by atoms with E-state index in [9.17, 15) is 14.4 Å². The summed E-state index contributed by atoms with van der Waals surface area (Å²) in [6.45, 7) is 1.65. The van der Waals surface area contributed by atoms with Crippen LogP contribution in [-0.2, 0) is 11.3 Å². The molecule has 0 aliphatic carbocycles. The van der Waals surface area contributed by atoms with Gasteiger partial charge in [-0.2, -0.15) is 0 Å². The lowest BCUT2D eigenvalue weighted by atomic mass is 10.1. The second kappa shape index (κ2) is 8.16. The Bertz CT molecular complexity index is 931. The van der Waals surface area contributed by atoms with Crippen molar-refractivity contribution in [3.8, 4) is 5.75 Å². The Labute approximate surface area is 173 Å². The van der Waals surface area contributed by atoms with Crippen molar-refractivity contribution >= 4 is 34.5 Å². The number of carbonyl (C=O) groups excluding carboxylic acids is 3. The number of ether oxygens (including phenoxy) is 1. The van der Waals surface area contributed by atoms with E-state index in [1.807, 2.05) is 60.5 Å². The predicted octanol–water partition coefficient (Wildman–Crippen LogP) is 2.81. The molecule has 29 heavy (non-hydrogen) atoms. The zero-order chi connectivity index (χ0) is 20.4. The second-order valence-corrected chi connectivity index (χ2v) is 7.88. The predicted molar refractivity (Wildman–Crippen MR) is 111 cm³/mol. The van der Waals surface area contributed by atoms with Crippen molar-refractivity contribution in [3.05, 3.63) is 59.7 Å². The van der Waals surface area contributed by atoms with Crippen LogP contribution < -0.4 is 9.64 Å².